The second-order valence-electron chi connectivity index (χ2n) is 7.36. The quantitative estimate of drug-likeness (QED) is 0.799. The number of nitrogens with zero attached hydrogens (tertiary/aromatic N) is 2. The molecule has 2 unspecified atom stereocenters. The minimum Gasteiger partial charge on any atom is -0.345 e. The zero-order valence-corrected chi connectivity index (χ0v) is 13.9. The zero-order chi connectivity index (χ0) is 17.6. The summed E-state index contributed by atoms with van der Waals surface area (Å²) in [4.78, 5) is 25.4. The molecule has 0 bridgehead atoms. The van der Waals surface area contributed by atoms with Crippen molar-refractivity contribution in [3.63, 3.8) is 0 Å². The Kier molecular flexibility index (Phi) is 4.36. The number of carbonyl (C=O) groups excluding carboxylic acids is 2. The van der Waals surface area contributed by atoms with E-state index in [1.807, 2.05) is 6.07 Å². The number of halogens is 2. The summed E-state index contributed by atoms with van der Waals surface area (Å²) in [5, 5.41) is 9.06. The van der Waals surface area contributed by atoms with Crippen molar-refractivity contribution in [3.05, 3.63) is 11.6 Å². The first-order valence-corrected chi connectivity index (χ1v) is 7.82. The van der Waals surface area contributed by atoms with Crippen LogP contribution in [0.1, 0.15) is 33.6 Å². The molecule has 4 nitrogen and oxygen atoms in total. The van der Waals surface area contributed by atoms with Crippen molar-refractivity contribution in [1.29, 1.82) is 5.26 Å². The molecule has 1 saturated carbocycles. The molecular formula is C17H22F2N2O2. The molecular weight excluding hydrogens is 302 g/mol. The molecule has 2 aliphatic carbocycles. The lowest BCUT2D eigenvalue weighted by atomic mass is 9.71. The van der Waals surface area contributed by atoms with Crippen molar-refractivity contribution in [2.45, 2.75) is 39.5 Å². The largest absolute Gasteiger partial charge is 0.345 e. The van der Waals surface area contributed by atoms with Crippen molar-refractivity contribution in [1.82, 2.24) is 4.90 Å². The van der Waals surface area contributed by atoms with Crippen LogP contribution in [0.2, 0.25) is 0 Å². The molecule has 6 heteroatoms. The fourth-order valence-electron chi connectivity index (χ4n) is 3.32. The summed E-state index contributed by atoms with van der Waals surface area (Å²) < 4.78 is 26.6. The van der Waals surface area contributed by atoms with Crippen LogP contribution in [0.3, 0.4) is 0 Å². The summed E-state index contributed by atoms with van der Waals surface area (Å²) in [5.41, 5.74) is -0.451. The van der Waals surface area contributed by atoms with Gasteiger partial charge in [-0.2, -0.15) is 5.26 Å². The van der Waals surface area contributed by atoms with Crippen LogP contribution < -0.4 is 0 Å². The van der Waals surface area contributed by atoms with E-state index in [2.05, 4.69) is 0 Å². The van der Waals surface area contributed by atoms with E-state index in [0.29, 0.717) is 19.4 Å². The SMILES string of the molecule is CC1C(C(=O)N(C)CC[C@H]2C=C(C#N)C(=O)C(C)(C)C2)C1(F)F. The van der Waals surface area contributed by atoms with Crippen LogP contribution in [0.5, 0.6) is 0 Å². The van der Waals surface area contributed by atoms with Gasteiger partial charge in [0.15, 0.2) is 5.78 Å². The molecule has 0 N–H and O–H groups in total. The second kappa shape index (κ2) is 5.70. The van der Waals surface area contributed by atoms with E-state index in [1.54, 1.807) is 19.9 Å². The van der Waals surface area contributed by atoms with Crippen LogP contribution in [0.25, 0.3) is 0 Å². The lowest BCUT2D eigenvalue weighted by molar-refractivity contribution is -0.134. The fourth-order valence-corrected chi connectivity index (χ4v) is 3.32. The van der Waals surface area contributed by atoms with Crippen LogP contribution in [-0.2, 0) is 9.59 Å². The lowest BCUT2D eigenvalue weighted by Gasteiger charge is -2.32. The molecule has 2 rings (SSSR count). The summed E-state index contributed by atoms with van der Waals surface area (Å²) >= 11 is 0. The Bertz CT molecular complexity index is 604. The first-order chi connectivity index (χ1) is 10.5. The van der Waals surface area contributed by atoms with E-state index < -0.39 is 29.1 Å². The maximum Gasteiger partial charge on any atom is 0.263 e. The van der Waals surface area contributed by atoms with E-state index in [1.165, 1.54) is 18.9 Å². The number of rotatable bonds is 4. The van der Waals surface area contributed by atoms with Gasteiger partial charge in [-0.3, -0.25) is 9.59 Å². The molecule has 0 aromatic heterocycles. The number of hydrogen-bond acceptors (Lipinski definition) is 3. The maximum absolute atomic E-state index is 13.3. The molecule has 0 saturated heterocycles. The Hall–Kier alpha value is -1.77. The van der Waals surface area contributed by atoms with Gasteiger partial charge in [-0.15, -0.1) is 0 Å². The van der Waals surface area contributed by atoms with Crippen molar-refractivity contribution < 1.29 is 18.4 Å². The average molecular weight is 324 g/mol. The van der Waals surface area contributed by atoms with Crippen LogP contribution >= 0.6 is 0 Å². The number of alkyl halides is 2. The van der Waals surface area contributed by atoms with Gasteiger partial charge in [-0.1, -0.05) is 26.8 Å². The average Bonchev–Trinajstić information content (AvgIpc) is 2.97. The first kappa shape index (κ1) is 17.6. The van der Waals surface area contributed by atoms with Gasteiger partial charge in [0.1, 0.15) is 12.0 Å². The third kappa shape index (κ3) is 3.15. The molecule has 0 heterocycles. The monoisotopic (exact) mass is 324 g/mol. The van der Waals surface area contributed by atoms with Gasteiger partial charge < -0.3 is 4.90 Å². The van der Waals surface area contributed by atoms with Crippen LogP contribution in [0.4, 0.5) is 8.78 Å². The van der Waals surface area contributed by atoms with E-state index >= 15 is 0 Å². The molecule has 126 valence electrons. The van der Waals surface area contributed by atoms with Crippen LogP contribution in [-0.4, -0.2) is 36.1 Å². The van der Waals surface area contributed by atoms with Gasteiger partial charge in [-0.25, -0.2) is 8.78 Å². The summed E-state index contributed by atoms with van der Waals surface area (Å²) in [7, 11) is 1.53. The summed E-state index contributed by atoms with van der Waals surface area (Å²) in [6.07, 6.45) is 2.80. The predicted octanol–water partition coefficient (Wildman–Crippen LogP) is 2.80. The van der Waals surface area contributed by atoms with Crippen molar-refractivity contribution in [3.8, 4) is 6.07 Å². The smallest absolute Gasteiger partial charge is 0.263 e. The van der Waals surface area contributed by atoms with Crippen molar-refractivity contribution >= 4 is 11.7 Å². The number of allylic oxidation sites excluding steroid dienone is 2. The molecule has 1 fully saturated rings. The fraction of sp³-hybridized carbons (Fsp3) is 0.706. The standard InChI is InChI=1S/C17H22F2N2O2/c1-10-13(17(10,18)19)15(23)21(4)6-5-11-7-12(9-20)14(22)16(2,3)8-11/h7,10-11,13H,5-6,8H2,1-4H3/t10?,11-,13?/m0/s1. The number of ketones is 1. The van der Waals surface area contributed by atoms with Gasteiger partial charge in [0, 0.05) is 24.9 Å². The van der Waals surface area contributed by atoms with E-state index in [9.17, 15) is 18.4 Å². The molecule has 2 aliphatic rings. The number of amides is 1. The summed E-state index contributed by atoms with van der Waals surface area (Å²) in [6.45, 7) is 5.32. The second-order valence-corrected chi connectivity index (χ2v) is 7.36. The number of Topliss-reactive ketones (excluding diaryl/α,β-unsaturated/α-hetero) is 1. The van der Waals surface area contributed by atoms with Crippen LogP contribution in [0.15, 0.2) is 11.6 Å². The van der Waals surface area contributed by atoms with Crippen molar-refractivity contribution in [2.75, 3.05) is 13.6 Å². The molecule has 3 atom stereocenters. The third-order valence-electron chi connectivity index (χ3n) is 5.04. The number of carbonyl (C=O) groups is 2. The van der Waals surface area contributed by atoms with Gasteiger partial charge in [0.25, 0.3) is 5.92 Å². The Balaban J connectivity index is 1.96. The molecule has 0 aliphatic heterocycles. The first-order valence-electron chi connectivity index (χ1n) is 7.82. The highest BCUT2D eigenvalue weighted by atomic mass is 19.3. The minimum absolute atomic E-state index is 0.00950. The molecule has 0 radical (unpaired) electrons. The Labute approximate surface area is 135 Å². The highest BCUT2D eigenvalue weighted by Crippen LogP contribution is 2.55. The highest BCUT2D eigenvalue weighted by molar-refractivity contribution is 6.03. The summed E-state index contributed by atoms with van der Waals surface area (Å²) in [5.74, 6) is -5.69. The number of nitriles is 1. The van der Waals surface area contributed by atoms with Gasteiger partial charge in [-0.05, 0) is 18.8 Å². The molecule has 0 aromatic rings. The Morgan fingerprint density at radius 2 is 2.04 bits per heavy atom. The zero-order valence-electron chi connectivity index (χ0n) is 13.9. The van der Waals surface area contributed by atoms with Gasteiger partial charge in [0.2, 0.25) is 5.91 Å². The van der Waals surface area contributed by atoms with E-state index in [0.717, 1.165) is 0 Å². The minimum atomic E-state index is -2.89. The third-order valence-corrected chi connectivity index (χ3v) is 5.04. The van der Waals surface area contributed by atoms with Gasteiger partial charge >= 0.3 is 0 Å². The number of hydrogen-bond donors (Lipinski definition) is 0. The molecule has 0 aromatic carbocycles. The van der Waals surface area contributed by atoms with E-state index in [-0.39, 0.29) is 17.3 Å². The lowest BCUT2D eigenvalue weighted by Crippen LogP contribution is -2.35. The Morgan fingerprint density at radius 3 is 2.52 bits per heavy atom. The Morgan fingerprint density at radius 1 is 1.48 bits per heavy atom. The normalized spacial score (nSPS) is 31.1. The van der Waals surface area contributed by atoms with E-state index in [4.69, 9.17) is 5.26 Å². The summed E-state index contributed by atoms with van der Waals surface area (Å²) in [6, 6.07) is 1.93. The van der Waals surface area contributed by atoms with Crippen molar-refractivity contribution in [2.24, 2.45) is 23.2 Å². The molecule has 23 heavy (non-hydrogen) atoms. The topological polar surface area (TPSA) is 61.2 Å². The highest BCUT2D eigenvalue weighted by Gasteiger charge is 2.69. The molecule has 1 amide bonds. The molecule has 0 spiro atoms. The van der Waals surface area contributed by atoms with Gasteiger partial charge in [0.05, 0.1) is 5.57 Å². The maximum atomic E-state index is 13.3. The predicted molar refractivity (Wildman–Crippen MR) is 80.4 cm³/mol. The van der Waals surface area contributed by atoms with Crippen LogP contribution in [0, 0.1) is 34.5 Å².